The lowest BCUT2D eigenvalue weighted by atomic mass is 9.87. The van der Waals surface area contributed by atoms with Gasteiger partial charge in [-0.25, -0.2) is 4.79 Å². The zero-order chi connectivity index (χ0) is 26.6. The maximum absolute atomic E-state index is 13.7. The number of hydrogen-bond donors (Lipinski definition) is 3. The average Bonchev–Trinajstić information content (AvgIpc) is 3.15. The van der Waals surface area contributed by atoms with Crippen LogP contribution in [0.1, 0.15) is 45.2 Å². The summed E-state index contributed by atoms with van der Waals surface area (Å²) in [5.74, 6) is -1.82. The van der Waals surface area contributed by atoms with Gasteiger partial charge in [-0.15, -0.1) is 0 Å². The number of anilines is 1. The van der Waals surface area contributed by atoms with E-state index in [0.717, 1.165) is 35.2 Å². The van der Waals surface area contributed by atoms with Crippen LogP contribution in [0.3, 0.4) is 0 Å². The van der Waals surface area contributed by atoms with Crippen LogP contribution >= 0.6 is 0 Å². The van der Waals surface area contributed by atoms with E-state index in [0.29, 0.717) is 6.61 Å². The predicted molar refractivity (Wildman–Crippen MR) is 146 cm³/mol. The first kappa shape index (κ1) is 25.2. The van der Waals surface area contributed by atoms with Gasteiger partial charge < -0.3 is 20.7 Å². The molecular weight excluding hydrogens is 478 g/mol. The molecule has 0 heterocycles. The molecule has 0 aliphatic heterocycles. The van der Waals surface area contributed by atoms with Crippen LogP contribution in [0.25, 0.3) is 11.1 Å². The maximum Gasteiger partial charge on any atom is 0.329 e. The predicted octanol–water partition coefficient (Wildman–Crippen LogP) is 4.92. The molecule has 6 heteroatoms. The lowest BCUT2D eigenvalue weighted by Gasteiger charge is -2.21. The van der Waals surface area contributed by atoms with Crippen molar-refractivity contribution in [2.45, 2.75) is 24.7 Å². The highest BCUT2D eigenvalue weighted by molar-refractivity contribution is 5.85. The van der Waals surface area contributed by atoms with Crippen molar-refractivity contribution >= 4 is 17.6 Å². The van der Waals surface area contributed by atoms with Gasteiger partial charge in [-0.1, -0.05) is 84.9 Å². The Hall–Kier alpha value is -4.42. The number of ether oxygens (including phenoxy) is 1. The van der Waals surface area contributed by atoms with Gasteiger partial charge in [0, 0.05) is 11.6 Å². The second kappa shape index (κ2) is 10.9. The zero-order valence-corrected chi connectivity index (χ0v) is 20.8. The van der Waals surface area contributed by atoms with Crippen molar-refractivity contribution in [1.82, 2.24) is 0 Å². The van der Waals surface area contributed by atoms with Crippen molar-refractivity contribution in [3.05, 3.63) is 124 Å². The fourth-order valence-electron chi connectivity index (χ4n) is 5.60. The van der Waals surface area contributed by atoms with E-state index in [1.54, 1.807) is 0 Å². The van der Waals surface area contributed by atoms with Crippen molar-refractivity contribution in [2.75, 3.05) is 18.9 Å². The topological polar surface area (TPSA) is 110 Å². The molecule has 2 aliphatic rings. The number of carboxylic acid groups (broad SMARTS) is 1. The number of aryl methyl sites for hydroxylation is 1. The summed E-state index contributed by atoms with van der Waals surface area (Å²) in [5, 5.41) is 15.0. The summed E-state index contributed by atoms with van der Waals surface area (Å²) in [4.78, 5) is 22.8. The molecule has 6 nitrogen and oxygen atoms in total. The largest absolute Gasteiger partial charge is 0.480 e. The molecule has 4 aromatic carbocycles. The Morgan fingerprint density at radius 1 is 0.763 bits per heavy atom. The van der Waals surface area contributed by atoms with E-state index in [2.05, 4.69) is 60.7 Å². The molecule has 0 fully saturated rings. The van der Waals surface area contributed by atoms with Crippen LogP contribution in [0, 0.1) is 0 Å². The van der Waals surface area contributed by atoms with E-state index in [1.807, 2.05) is 30.3 Å². The number of nitrogens with two attached hydrogens (primary N) is 1. The molecule has 4 aromatic rings. The van der Waals surface area contributed by atoms with Gasteiger partial charge in [0.1, 0.15) is 19.1 Å². The summed E-state index contributed by atoms with van der Waals surface area (Å²) in [6.07, 6.45) is 1.69. The molecule has 0 amide bonds. The molecule has 4 N–H and O–H groups in total. The van der Waals surface area contributed by atoms with Crippen LogP contribution in [0.2, 0.25) is 0 Å². The number of rotatable bonds is 4. The van der Waals surface area contributed by atoms with Crippen molar-refractivity contribution in [3.63, 3.8) is 0 Å². The number of carbonyl (C=O) groups excluding carboxylic acids is 1. The molecule has 38 heavy (non-hydrogen) atoms. The molecule has 192 valence electrons. The number of hydrogen-bond acceptors (Lipinski definition) is 5. The molecule has 0 spiro atoms. The Kier molecular flexibility index (Phi) is 7.24. The van der Waals surface area contributed by atoms with Crippen LogP contribution in [0.4, 0.5) is 5.69 Å². The fourth-order valence-corrected chi connectivity index (χ4v) is 5.60. The van der Waals surface area contributed by atoms with Crippen molar-refractivity contribution in [1.29, 1.82) is 0 Å². The monoisotopic (exact) mass is 507 g/mol. The van der Waals surface area contributed by atoms with Crippen molar-refractivity contribution in [3.8, 4) is 11.1 Å². The third-order valence-corrected chi connectivity index (χ3v) is 7.30. The lowest BCUT2D eigenvalue weighted by Crippen LogP contribution is -2.21. The minimum atomic E-state index is -1.19. The quantitative estimate of drug-likeness (QED) is 0.267. The van der Waals surface area contributed by atoms with Crippen LogP contribution in [-0.4, -0.2) is 35.4 Å². The SMILES string of the molecule is Nc1cccc2c1CCc1ccccc1C2C(=O)OCC1c2ccccc2-c2ccccc21.O=C(O)CO. The third-order valence-electron chi connectivity index (χ3n) is 7.30. The number of carbonyl (C=O) groups is 2. The van der Waals surface area contributed by atoms with E-state index < -0.39 is 18.5 Å². The first-order chi connectivity index (χ1) is 18.5. The van der Waals surface area contributed by atoms with Crippen LogP contribution in [-0.2, 0) is 27.2 Å². The number of benzene rings is 4. The Morgan fingerprint density at radius 3 is 1.95 bits per heavy atom. The molecule has 0 bridgehead atoms. The first-order valence-corrected chi connectivity index (χ1v) is 12.6. The second-order valence-corrected chi connectivity index (χ2v) is 9.46. The zero-order valence-electron chi connectivity index (χ0n) is 20.8. The van der Waals surface area contributed by atoms with Gasteiger partial charge in [0.2, 0.25) is 0 Å². The van der Waals surface area contributed by atoms with Gasteiger partial charge in [0.05, 0.1) is 0 Å². The number of aliphatic hydroxyl groups is 1. The number of nitrogen functional groups attached to an aromatic ring is 1. The summed E-state index contributed by atoms with van der Waals surface area (Å²) >= 11 is 0. The summed E-state index contributed by atoms with van der Waals surface area (Å²) < 4.78 is 6.11. The molecular formula is C32H29NO5. The highest BCUT2D eigenvalue weighted by Crippen LogP contribution is 2.45. The minimum absolute atomic E-state index is 0.0442. The first-order valence-electron chi connectivity index (χ1n) is 12.6. The summed E-state index contributed by atoms with van der Waals surface area (Å²) in [6, 6.07) is 30.9. The van der Waals surface area contributed by atoms with Crippen LogP contribution in [0.15, 0.2) is 91.0 Å². The fraction of sp³-hybridized carbons (Fsp3) is 0.188. The van der Waals surface area contributed by atoms with Gasteiger partial charge in [0.25, 0.3) is 0 Å². The van der Waals surface area contributed by atoms with Gasteiger partial charge in [0.15, 0.2) is 0 Å². The Labute approximate surface area is 221 Å². The second-order valence-electron chi connectivity index (χ2n) is 9.46. The number of fused-ring (bicyclic) bond motifs is 5. The lowest BCUT2D eigenvalue weighted by molar-refractivity contribution is -0.144. The third kappa shape index (κ3) is 4.78. The van der Waals surface area contributed by atoms with Crippen molar-refractivity contribution in [2.24, 2.45) is 0 Å². The van der Waals surface area contributed by atoms with E-state index in [1.165, 1.54) is 27.8 Å². The highest BCUT2D eigenvalue weighted by Gasteiger charge is 2.34. The van der Waals surface area contributed by atoms with E-state index >= 15 is 0 Å². The van der Waals surface area contributed by atoms with E-state index in [9.17, 15) is 4.79 Å². The average molecular weight is 508 g/mol. The molecule has 0 saturated carbocycles. The van der Waals surface area contributed by atoms with Gasteiger partial charge in [-0.05, 0) is 63.4 Å². The summed E-state index contributed by atoms with van der Waals surface area (Å²) in [5.41, 5.74) is 16.2. The van der Waals surface area contributed by atoms with Crippen molar-refractivity contribution < 1.29 is 24.5 Å². The minimum Gasteiger partial charge on any atom is -0.480 e. The molecule has 1 atom stereocenters. The van der Waals surface area contributed by atoms with Crippen LogP contribution in [0.5, 0.6) is 0 Å². The Balaban J connectivity index is 0.000000540. The highest BCUT2D eigenvalue weighted by atomic mass is 16.5. The Bertz CT molecular complexity index is 1450. The summed E-state index contributed by atoms with van der Waals surface area (Å²) in [6.45, 7) is -0.455. The number of carboxylic acids is 1. The standard InChI is InChI=1S/C30H25NO2.C2H4O3/c31-28-15-7-14-26-25(28)17-16-19-8-1-2-9-20(19)29(26)30(32)33-18-27-23-12-5-3-10-21(23)22-11-4-6-13-24(22)27;3-1-2(4)5/h1-15,27,29H,16-18,31H2;3H,1H2,(H,4,5). The van der Waals surface area contributed by atoms with Gasteiger partial charge in [-0.3, -0.25) is 4.79 Å². The van der Waals surface area contributed by atoms with Gasteiger partial charge in [-0.2, -0.15) is 0 Å². The maximum atomic E-state index is 13.7. The molecule has 0 radical (unpaired) electrons. The van der Waals surface area contributed by atoms with E-state index in [4.69, 9.17) is 25.5 Å². The molecule has 1 unspecified atom stereocenters. The van der Waals surface area contributed by atoms with E-state index in [-0.39, 0.29) is 11.9 Å². The molecule has 0 saturated heterocycles. The number of aliphatic carboxylic acids is 1. The number of aliphatic hydroxyl groups excluding tert-OH is 1. The number of esters is 1. The molecule has 0 aromatic heterocycles. The normalized spacial score (nSPS) is 15.0. The smallest absolute Gasteiger partial charge is 0.329 e. The summed E-state index contributed by atoms with van der Waals surface area (Å²) in [7, 11) is 0. The Morgan fingerprint density at radius 2 is 1.32 bits per heavy atom. The molecule has 2 aliphatic carbocycles. The van der Waals surface area contributed by atoms with Crippen LogP contribution < -0.4 is 5.73 Å². The van der Waals surface area contributed by atoms with Gasteiger partial charge >= 0.3 is 11.9 Å². The molecule has 6 rings (SSSR count).